The summed E-state index contributed by atoms with van der Waals surface area (Å²) in [5.41, 5.74) is 1.03. The highest BCUT2D eigenvalue weighted by Crippen LogP contribution is 2.42. The second-order valence-corrected chi connectivity index (χ2v) is 6.80. The number of likely N-dealkylation sites (tertiary alicyclic amines) is 1. The average molecular weight is 394 g/mol. The smallest absolute Gasteiger partial charge is 0.296 e. The summed E-state index contributed by atoms with van der Waals surface area (Å²) in [6.45, 7) is 0.0824. The lowest BCUT2D eigenvalue weighted by molar-refractivity contribution is -0.140. The molecule has 1 atom stereocenters. The third-order valence-electron chi connectivity index (χ3n) is 4.69. The van der Waals surface area contributed by atoms with Gasteiger partial charge in [0.2, 0.25) is 0 Å². The van der Waals surface area contributed by atoms with Gasteiger partial charge in [-0.15, -0.1) is 0 Å². The van der Waals surface area contributed by atoms with Crippen LogP contribution >= 0.6 is 11.6 Å². The molecule has 1 amide bonds. The molecule has 1 unspecified atom stereocenters. The minimum atomic E-state index is -0.820. The summed E-state index contributed by atoms with van der Waals surface area (Å²) in [6.07, 6.45) is 1.50. The molecule has 2 heterocycles. The standard InChI is InChI=1S/C22H16ClNO4/c23-17-11-5-4-10-16(17)19-18(20(25)14-7-2-1-3-8-14)21(26)22(27)24(19)13-15-9-6-12-28-15/h1-12,19,25H,13H2/b20-18-. The van der Waals surface area contributed by atoms with Crippen LogP contribution in [0, 0.1) is 0 Å². The molecule has 6 heteroatoms. The maximum absolute atomic E-state index is 12.9. The number of carbonyl (C=O) groups excluding carboxylic acids is 2. The maximum Gasteiger partial charge on any atom is 0.296 e. The Morgan fingerprint density at radius 1 is 1.00 bits per heavy atom. The second-order valence-electron chi connectivity index (χ2n) is 6.39. The molecule has 0 spiro atoms. The summed E-state index contributed by atoms with van der Waals surface area (Å²) in [5.74, 6) is -1.17. The zero-order valence-corrected chi connectivity index (χ0v) is 15.5. The largest absolute Gasteiger partial charge is 0.507 e. The number of Topliss-reactive ketones (excluding diaryl/α,β-unsaturated/α-hetero) is 1. The highest BCUT2D eigenvalue weighted by Gasteiger charge is 2.46. The molecule has 0 aliphatic carbocycles. The average Bonchev–Trinajstić information content (AvgIpc) is 3.31. The van der Waals surface area contributed by atoms with Crippen LogP contribution in [0.3, 0.4) is 0 Å². The van der Waals surface area contributed by atoms with Crippen LogP contribution in [0.4, 0.5) is 0 Å². The van der Waals surface area contributed by atoms with Crippen LogP contribution < -0.4 is 0 Å². The number of aliphatic hydroxyl groups is 1. The Labute approximate surface area is 166 Å². The first kappa shape index (κ1) is 18.1. The maximum atomic E-state index is 12.9. The first-order valence-electron chi connectivity index (χ1n) is 8.68. The number of rotatable bonds is 4. The van der Waals surface area contributed by atoms with E-state index in [-0.39, 0.29) is 17.9 Å². The van der Waals surface area contributed by atoms with E-state index in [1.54, 1.807) is 66.7 Å². The lowest BCUT2D eigenvalue weighted by Gasteiger charge is -2.25. The predicted molar refractivity (Wildman–Crippen MR) is 104 cm³/mol. The molecule has 0 radical (unpaired) electrons. The lowest BCUT2D eigenvalue weighted by Crippen LogP contribution is -2.29. The number of aliphatic hydroxyl groups excluding tert-OH is 1. The molecule has 5 nitrogen and oxygen atoms in total. The van der Waals surface area contributed by atoms with Crippen molar-refractivity contribution in [2.24, 2.45) is 0 Å². The Hall–Kier alpha value is -3.31. The van der Waals surface area contributed by atoms with Crippen LogP contribution in [0.15, 0.2) is 83.0 Å². The number of ketones is 1. The monoisotopic (exact) mass is 393 g/mol. The molecule has 1 aliphatic rings. The molecule has 1 aliphatic heterocycles. The van der Waals surface area contributed by atoms with E-state index >= 15 is 0 Å². The van der Waals surface area contributed by atoms with Crippen molar-refractivity contribution >= 4 is 29.1 Å². The van der Waals surface area contributed by atoms with Crippen LogP contribution in [0.2, 0.25) is 5.02 Å². The highest BCUT2D eigenvalue weighted by molar-refractivity contribution is 6.46. The van der Waals surface area contributed by atoms with Crippen molar-refractivity contribution in [3.8, 4) is 0 Å². The number of amides is 1. The second kappa shape index (κ2) is 7.37. The van der Waals surface area contributed by atoms with Crippen LogP contribution in [0.5, 0.6) is 0 Å². The van der Waals surface area contributed by atoms with Gasteiger partial charge in [0.25, 0.3) is 11.7 Å². The number of benzene rings is 2. The van der Waals surface area contributed by atoms with Gasteiger partial charge in [-0.1, -0.05) is 60.1 Å². The third kappa shape index (κ3) is 3.10. The minimum absolute atomic E-state index is 0.0101. The molecule has 2 aromatic carbocycles. The van der Waals surface area contributed by atoms with Crippen molar-refractivity contribution in [3.05, 3.63) is 100 Å². The van der Waals surface area contributed by atoms with Crippen LogP contribution in [0.25, 0.3) is 5.76 Å². The lowest BCUT2D eigenvalue weighted by atomic mass is 9.95. The van der Waals surface area contributed by atoms with E-state index in [1.807, 2.05) is 0 Å². The van der Waals surface area contributed by atoms with E-state index < -0.39 is 17.7 Å². The Morgan fingerprint density at radius 3 is 2.39 bits per heavy atom. The molecule has 3 aromatic rings. The summed E-state index contributed by atoms with van der Waals surface area (Å²) in [5, 5.41) is 11.3. The number of halogens is 1. The van der Waals surface area contributed by atoms with Gasteiger partial charge >= 0.3 is 0 Å². The van der Waals surface area contributed by atoms with Gasteiger partial charge in [0.05, 0.1) is 24.4 Å². The van der Waals surface area contributed by atoms with Crippen LogP contribution in [-0.4, -0.2) is 21.7 Å². The first-order chi connectivity index (χ1) is 13.6. The molecule has 28 heavy (non-hydrogen) atoms. The minimum Gasteiger partial charge on any atom is -0.507 e. The predicted octanol–water partition coefficient (Wildman–Crippen LogP) is 4.55. The Bertz CT molecular complexity index is 1060. The van der Waals surface area contributed by atoms with Crippen molar-refractivity contribution in [1.29, 1.82) is 0 Å². The van der Waals surface area contributed by atoms with Gasteiger partial charge in [0.15, 0.2) is 0 Å². The molecule has 1 aromatic heterocycles. The van der Waals surface area contributed by atoms with Gasteiger partial charge in [-0.25, -0.2) is 0 Å². The highest BCUT2D eigenvalue weighted by atomic mass is 35.5. The summed E-state index contributed by atoms with van der Waals surface area (Å²) < 4.78 is 5.36. The SMILES string of the molecule is O=C1C(=O)N(Cc2ccco2)C(c2ccccc2Cl)/C1=C(/O)c1ccccc1. The number of carbonyl (C=O) groups is 2. The number of hydrogen-bond acceptors (Lipinski definition) is 4. The molecular formula is C22H16ClNO4. The fourth-order valence-corrected chi connectivity index (χ4v) is 3.62. The molecular weight excluding hydrogens is 378 g/mol. The van der Waals surface area contributed by atoms with Crippen molar-refractivity contribution in [2.45, 2.75) is 12.6 Å². The molecule has 0 saturated carbocycles. The number of nitrogens with zero attached hydrogens (tertiary/aromatic N) is 1. The van der Waals surface area contributed by atoms with Crippen molar-refractivity contribution in [3.63, 3.8) is 0 Å². The normalized spacial score (nSPS) is 18.6. The number of furan rings is 1. The van der Waals surface area contributed by atoms with Gasteiger partial charge in [-0.2, -0.15) is 0 Å². The zero-order valence-electron chi connectivity index (χ0n) is 14.7. The fraction of sp³-hybridized carbons (Fsp3) is 0.0909. The molecule has 1 saturated heterocycles. The van der Waals surface area contributed by atoms with Gasteiger partial charge in [-0.3, -0.25) is 9.59 Å². The van der Waals surface area contributed by atoms with Crippen molar-refractivity contribution in [1.82, 2.24) is 4.90 Å². The fourth-order valence-electron chi connectivity index (χ4n) is 3.39. The van der Waals surface area contributed by atoms with Crippen molar-refractivity contribution < 1.29 is 19.1 Å². The van der Waals surface area contributed by atoms with E-state index in [9.17, 15) is 14.7 Å². The molecule has 1 fully saturated rings. The molecule has 140 valence electrons. The molecule has 1 N–H and O–H groups in total. The third-order valence-corrected chi connectivity index (χ3v) is 5.04. The van der Waals surface area contributed by atoms with E-state index in [1.165, 1.54) is 11.2 Å². The van der Waals surface area contributed by atoms with Gasteiger partial charge < -0.3 is 14.4 Å². The van der Waals surface area contributed by atoms with Gasteiger partial charge in [0.1, 0.15) is 11.5 Å². The molecule has 0 bridgehead atoms. The zero-order chi connectivity index (χ0) is 19.7. The van der Waals surface area contributed by atoms with Gasteiger partial charge in [-0.05, 0) is 23.8 Å². The summed E-state index contributed by atoms with van der Waals surface area (Å²) >= 11 is 6.39. The summed E-state index contributed by atoms with van der Waals surface area (Å²) in [4.78, 5) is 27.1. The van der Waals surface area contributed by atoms with Gasteiger partial charge in [0, 0.05) is 10.6 Å². The Morgan fingerprint density at radius 2 is 1.71 bits per heavy atom. The van der Waals surface area contributed by atoms with E-state index in [4.69, 9.17) is 16.0 Å². The van der Waals surface area contributed by atoms with Crippen LogP contribution in [0.1, 0.15) is 22.9 Å². The Balaban J connectivity index is 1.90. The molecule has 4 rings (SSSR count). The topological polar surface area (TPSA) is 70.8 Å². The summed E-state index contributed by atoms with van der Waals surface area (Å²) in [7, 11) is 0. The van der Waals surface area contributed by atoms with Crippen LogP contribution in [-0.2, 0) is 16.1 Å². The quantitative estimate of drug-likeness (QED) is 0.401. The van der Waals surface area contributed by atoms with E-state index in [0.717, 1.165) is 0 Å². The first-order valence-corrected chi connectivity index (χ1v) is 9.06. The Kier molecular flexibility index (Phi) is 4.75. The number of hydrogen-bond donors (Lipinski definition) is 1. The van der Waals surface area contributed by atoms with Crippen molar-refractivity contribution in [2.75, 3.05) is 0 Å². The van der Waals surface area contributed by atoms with E-state index in [2.05, 4.69) is 0 Å². The summed E-state index contributed by atoms with van der Waals surface area (Å²) in [6, 6.07) is 18.2. The van der Waals surface area contributed by atoms with E-state index in [0.29, 0.717) is 21.9 Å².